The van der Waals surface area contributed by atoms with Crippen molar-refractivity contribution in [1.29, 1.82) is 0 Å². The Kier molecular flexibility index (Phi) is 6.37. The van der Waals surface area contributed by atoms with Crippen LogP contribution < -0.4 is 0 Å². The molecule has 0 spiro atoms. The molecule has 0 amide bonds. The number of rotatable bonds is 8. The molecule has 1 heterocycles. The van der Waals surface area contributed by atoms with Crippen LogP contribution in [0.5, 0.6) is 0 Å². The monoisotopic (exact) mass is 437 g/mol. The first-order valence-electron chi connectivity index (χ1n) is 10.4. The maximum atomic E-state index is 10.8. The van der Waals surface area contributed by atoms with Gasteiger partial charge >= 0.3 is 5.97 Å². The fraction of sp³-hybridized carbons (Fsp3) is 0.280. The molecule has 1 fully saturated rings. The van der Waals surface area contributed by atoms with Gasteiger partial charge in [0.1, 0.15) is 0 Å². The Morgan fingerprint density at radius 1 is 1.13 bits per heavy atom. The molecular formula is C25H24ClNO4. The third-order valence-corrected chi connectivity index (χ3v) is 5.72. The van der Waals surface area contributed by atoms with E-state index >= 15 is 0 Å². The van der Waals surface area contributed by atoms with Gasteiger partial charge in [-0.25, -0.2) is 0 Å². The van der Waals surface area contributed by atoms with Gasteiger partial charge in [0.2, 0.25) is 0 Å². The average molecular weight is 438 g/mol. The molecule has 1 aliphatic rings. The molecule has 0 aliphatic heterocycles. The number of aliphatic hydroxyl groups excluding tert-OH is 2. The largest absolute Gasteiger partial charge is 0.481 e. The summed E-state index contributed by atoms with van der Waals surface area (Å²) in [4.78, 5) is 15.7. The molecule has 6 heteroatoms. The highest BCUT2D eigenvalue weighted by molar-refractivity contribution is 6.30. The maximum absolute atomic E-state index is 10.8. The van der Waals surface area contributed by atoms with Crippen LogP contribution in [0.4, 0.5) is 0 Å². The van der Waals surface area contributed by atoms with Crippen LogP contribution in [0.15, 0.2) is 54.6 Å². The second-order valence-electron chi connectivity index (χ2n) is 8.00. The number of carboxylic acids is 1. The molecule has 4 rings (SSSR count). The van der Waals surface area contributed by atoms with Gasteiger partial charge in [-0.15, -0.1) is 0 Å². The van der Waals surface area contributed by atoms with Crippen LogP contribution in [-0.4, -0.2) is 38.5 Å². The number of aliphatic hydroxyl groups is 2. The highest BCUT2D eigenvalue weighted by Gasteiger charge is 2.29. The van der Waals surface area contributed by atoms with Crippen molar-refractivity contribution in [1.82, 2.24) is 4.98 Å². The number of pyridine rings is 1. The molecular weight excluding hydrogens is 414 g/mol. The van der Waals surface area contributed by atoms with E-state index in [4.69, 9.17) is 21.7 Å². The highest BCUT2D eigenvalue weighted by atomic mass is 35.5. The van der Waals surface area contributed by atoms with E-state index in [0.29, 0.717) is 10.9 Å². The van der Waals surface area contributed by atoms with E-state index in [1.165, 1.54) is 0 Å². The zero-order chi connectivity index (χ0) is 22.0. The quantitative estimate of drug-likeness (QED) is 0.459. The number of aromatic nitrogens is 1. The summed E-state index contributed by atoms with van der Waals surface area (Å²) in [5.41, 5.74) is 4.89. The summed E-state index contributed by atoms with van der Waals surface area (Å²) in [7, 11) is 0. The smallest absolute Gasteiger partial charge is 0.305 e. The molecule has 3 N–H and O–H groups in total. The van der Waals surface area contributed by atoms with Crippen LogP contribution in [0.1, 0.15) is 42.9 Å². The number of carboxylic acid groups (broad SMARTS) is 1. The number of halogens is 1. The third-order valence-electron chi connectivity index (χ3n) is 5.47. The van der Waals surface area contributed by atoms with E-state index in [0.717, 1.165) is 46.1 Å². The zero-order valence-corrected chi connectivity index (χ0v) is 17.7. The van der Waals surface area contributed by atoms with Crippen molar-refractivity contribution < 1.29 is 20.1 Å². The third kappa shape index (κ3) is 5.13. The van der Waals surface area contributed by atoms with Gasteiger partial charge < -0.3 is 15.3 Å². The van der Waals surface area contributed by atoms with E-state index < -0.39 is 24.6 Å². The van der Waals surface area contributed by atoms with Crippen LogP contribution in [0.3, 0.4) is 0 Å². The molecule has 1 saturated carbocycles. The fourth-order valence-electron chi connectivity index (χ4n) is 3.86. The minimum absolute atomic E-state index is 0.0428. The highest BCUT2D eigenvalue weighted by Crippen LogP contribution is 2.45. The summed E-state index contributed by atoms with van der Waals surface area (Å²) in [5, 5.41) is 30.7. The summed E-state index contributed by atoms with van der Waals surface area (Å²) in [6.45, 7) is 0. The first-order chi connectivity index (χ1) is 14.9. The Labute approximate surface area is 185 Å². The topological polar surface area (TPSA) is 90.7 Å². The molecule has 0 bridgehead atoms. The van der Waals surface area contributed by atoms with Gasteiger partial charge in [0, 0.05) is 33.9 Å². The van der Waals surface area contributed by atoms with Gasteiger partial charge in [0.25, 0.3) is 0 Å². The number of para-hydroxylation sites is 1. The lowest BCUT2D eigenvalue weighted by atomic mass is 9.92. The Balaban J connectivity index is 1.79. The van der Waals surface area contributed by atoms with Gasteiger partial charge in [0.15, 0.2) is 0 Å². The Bertz CT molecular complexity index is 1120. The lowest BCUT2D eigenvalue weighted by Crippen LogP contribution is -2.19. The van der Waals surface area contributed by atoms with Crippen molar-refractivity contribution in [3.63, 3.8) is 0 Å². The Morgan fingerprint density at radius 2 is 1.84 bits per heavy atom. The fourth-order valence-corrected chi connectivity index (χ4v) is 3.99. The number of carbonyl (C=O) groups is 1. The van der Waals surface area contributed by atoms with Gasteiger partial charge in [-0.3, -0.25) is 9.78 Å². The summed E-state index contributed by atoms with van der Waals surface area (Å²) in [5.74, 6) is -0.714. The molecule has 1 aromatic heterocycles. The first-order valence-corrected chi connectivity index (χ1v) is 10.7. The van der Waals surface area contributed by atoms with Crippen LogP contribution in [0.2, 0.25) is 5.02 Å². The molecule has 2 aromatic carbocycles. The van der Waals surface area contributed by atoms with Crippen LogP contribution in [0.25, 0.3) is 28.1 Å². The van der Waals surface area contributed by atoms with Crippen molar-refractivity contribution >= 4 is 34.5 Å². The lowest BCUT2D eigenvalue weighted by molar-refractivity contribution is -0.139. The van der Waals surface area contributed by atoms with Crippen molar-refractivity contribution in [2.45, 2.75) is 43.8 Å². The second-order valence-corrected chi connectivity index (χ2v) is 8.43. The second kappa shape index (κ2) is 9.18. The van der Waals surface area contributed by atoms with Gasteiger partial charge in [0.05, 0.1) is 29.8 Å². The number of fused-ring (bicyclic) bond motifs is 1. The Hall–Kier alpha value is -2.73. The van der Waals surface area contributed by atoms with E-state index in [2.05, 4.69) is 0 Å². The molecule has 31 heavy (non-hydrogen) atoms. The van der Waals surface area contributed by atoms with E-state index in [-0.39, 0.29) is 6.42 Å². The summed E-state index contributed by atoms with van der Waals surface area (Å²) in [6, 6.07) is 15.7. The molecule has 2 unspecified atom stereocenters. The maximum Gasteiger partial charge on any atom is 0.305 e. The normalized spacial score (nSPS) is 16.0. The minimum Gasteiger partial charge on any atom is -0.481 e. The molecule has 5 nitrogen and oxygen atoms in total. The lowest BCUT2D eigenvalue weighted by Gasteiger charge is -2.16. The standard InChI is InChI=1S/C25H24ClNO4/c26-17-9-7-15(8-10-17)24-20-3-1-2-4-22(20)27-25(16-5-6-16)21(24)12-11-18(28)13-19(29)14-23(30)31/h1-4,7-12,16,18-19,28-29H,5-6,13-14H2,(H,30,31). The van der Waals surface area contributed by atoms with E-state index in [1.807, 2.05) is 54.6 Å². The van der Waals surface area contributed by atoms with E-state index in [9.17, 15) is 15.0 Å². The average Bonchev–Trinajstić information content (AvgIpc) is 3.56. The molecule has 1 aliphatic carbocycles. The van der Waals surface area contributed by atoms with E-state index in [1.54, 1.807) is 6.08 Å². The summed E-state index contributed by atoms with van der Waals surface area (Å²) < 4.78 is 0. The predicted octanol–water partition coefficient (Wildman–Crippen LogP) is 5.03. The number of hydrogen-bond acceptors (Lipinski definition) is 4. The van der Waals surface area contributed by atoms with Crippen LogP contribution in [0, 0.1) is 0 Å². The summed E-state index contributed by atoms with van der Waals surface area (Å²) >= 11 is 6.11. The number of hydrogen-bond donors (Lipinski definition) is 3. The molecule has 160 valence electrons. The summed E-state index contributed by atoms with van der Waals surface area (Å²) in [6.07, 6.45) is 3.11. The van der Waals surface area contributed by atoms with Gasteiger partial charge in [-0.1, -0.05) is 54.1 Å². The van der Waals surface area contributed by atoms with Crippen molar-refractivity contribution in [2.75, 3.05) is 0 Å². The van der Waals surface area contributed by atoms with Crippen LogP contribution >= 0.6 is 11.6 Å². The zero-order valence-electron chi connectivity index (χ0n) is 16.9. The molecule has 2 atom stereocenters. The molecule has 0 radical (unpaired) electrons. The predicted molar refractivity (Wildman–Crippen MR) is 122 cm³/mol. The van der Waals surface area contributed by atoms with Crippen molar-refractivity contribution in [3.8, 4) is 11.1 Å². The molecule has 0 saturated heterocycles. The molecule has 3 aromatic rings. The number of nitrogens with zero attached hydrogens (tertiary/aromatic N) is 1. The number of aliphatic carboxylic acids is 1. The first kappa shape index (κ1) is 21.5. The SMILES string of the molecule is O=C(O)CC(O)CC(O)C=Cc1c(C2CC2)nc2ccccc2c1-c1ccc(Cl)cc1. The van der Waals surface area contributed by atoms with Gasteiger partial charge in [-0.05, 0) is 36.6 Å². The minimum atomic E-state index is -1.11. The van der Waals surface area contributed by atoms with Gasteiger partial charge in [-0.2, -0.15) is 0 Å². The van der Waals surface area contributed by atoms with Crippen LogP contribution in [-0.2, 0) is 4.79 Å². The van der Waals surface area contributed by atoms with Crippen molar-refractivity contribution in [3.05, 3.63) is 70.9 Å². The van der Waals surface area contributed by atoms with Crippen molar-refractivity contribution in [2.24, 2.45) is 0 Å². The number of benzene rings is 2. The Morgan fingerprint density at radius 3 is 2.52 bits per heavy atom.